The number of amides is 2. The number of carbonyl (C=O) groups is 2. The second-order valence-corrected chi connectivity index (χ2v) is 11.3. The average molecular weight is 556 g/mol. The van der Waals surface area contributed by atoms with Crippen LogP contribution in [0.5, 0.6) is 0 Å². The maximum Gasteiger partial charge on any atom is 0.264 e. The lowest BCUT2D eigenvalue weighted by atomic mass is 10.1. The van der Waals surface area contributed by atoms with E-state index >= 15 is 0 Å². The van der Waals surface area contributed by atoms with Gasteiger partial charge < -0.3 is 10.2 Å². The fourth-order valence-corrected chi connectivity index (χ4v) is 5.67. The fourth-order valence-electron chi connectivity index (χ4n) is 4.11. The van der Waals surface area contributed by atoms with Crippen molar-refractivity contribution in [2.24, 2.45) is 0 Å². The number of halogens is 1. The summed E-state index contributed by atoms with van der Waals surface area (Å²) >= 11 is 6.06. The van der Waals surface area contributed by atoms with E-state index in [0.29, 0.717) is 23.7 Å². The van der Waals surface area contributed by atoms with Crippen LogP contribution < -0.4 is 9.62 Å². The Morgan fingerprint density at radius 1 is 0.921 bits per heavy atom. The molecule has 1 N–H and O–H groups in total. The minimum absolute atomic E-state index is 0.0564. The van der Waals surface area contributed by atoms with E-state index in [4.69, 9.17) is 11.6 Å². The second kappa shape index (κ2) is 13.4. The minimum Gasteiger partial charge on any atom is -0.354 e. The number of hydrogen-bond donors (Lipinski definition) is 1. The number of hydrogen-bond acceptors (Lipinski definition) is 4. The third kappa shape index (κ3) is 7.14. The van der Waals surface area contributed by atoms with E-state index in [0.717, 1.165) is 21.9 Å². The zero-order valence-electron chi connectivity index (χ0n) is 21.9. The molecule has 0 spiro atoms. The van der Waals surface area contributed by atoms with Gasteiger partial charge in [0.2, 0.25) is 11.8 Å². The minimum atomic E-state index is -4.10. The molecule has 2 amide bonds. The summed E-state index contributed by atoms with van der Waals surface area (Å²) in [6, 6.07) is 21.1. The molecule has 0 aliphatic heterocycles. The largest absolute Gasteiger partial charge is 0.354 e. The molecule has 0 aliphatic rings. The number of sulfonamides is 1. The molecule has 0 saturated heterocycles. The van der Waals surface area contributed by atoms with Gasteiger partial charge >= 0.3 is 0 Å². The maximum absolute atomic E-state index is 14.0. The van der Waals surface area contributed by atoms with E-state index in [1.165, 1.54) is 17.0 Å². The predicted octanol–water partition coefficient (Wildman–Crippen LogP) is 5.18. The van der Waals surface area contributed by atoms with Crippen LogP contribution in [0.2, 0.25) is 5.02 Å². The van der Waals surface area contributed by atoms with Gasteiger partial charge in [0.15, 0.2) is 0 Å². The molecule has 0 heterocycles. The normalized spacial score (nSPS) is 12.0. The molecule has 1 unspecified atom stereocenters. The Hall–Kier alpha value is -3.36. The number of anilines is 1. The number of nitrogens with zero attached hydrogens (tertiary/aromatic N) is 2. The van der Waals surface area contributed by atoms with Gasteiger partial charge in [-0.2, -0.15) is 0 Å². The van der Waals surface area contributed by atoms with E-state index in [-0.39, 0.29) is 17.3 Å². The molecule has 7 nitrogen and oxygen atoms in total. The van der Waals surface area contributed by atoms with Crippen LogP contribution in [0.25, 0.3) is 0 Å². The standard InChI is InChI=1S/C29H34ClN3O4S/c1-4-19-31-29(35)27(5-2)32(20-23-12-10-9-11-22(23)3)28(34)21-33(25-17-15-24(30)16-18-25)38(36,37)26-13-7-6-8-14-26/h6-18,27H,4-5,19-21H2,1-3H3,(H,31,35). The first kappa shape index (κ1) is 29.2. The van der Waals surface area contributed by atoms with Crippen LogP contribution in [0.4, 0.5) is 5.69 Å². The molecule has 3 aromatic rings. The van der Waals surface area contributed by atoms with Crippen LogP contribution >= 0.6 is 11.6 Å². The highest BCUT2D eigenvalue weighted by molar-refractivity contribution is 7.92. The van der Waals surface area contributed by atoms with Crippen molar-refractivity contribution in [2.45, 2.75) is 51.1 Å². The molecular formula is C29H34ClN3O4S. The van der Waals surface area contributed by atoms with Crippen molar-refractivity contribution in [2.75, 3.05) is 17.4 Å². The van der Waals surface area contributed by atoms with Crippen molar-refractivity contribution in [3.63, 3.8) is 0 Å². The molecule has 0 aliphatic carbocycles. The highest BCUT2D eigenvalue weighted by atomic mass is 35.5. The van der Waals surface area contributed by atoms with Gasteiger partial charge in [0.1, 0.15) is 12.6 Å². The Morgan fingerprint density at radius 2 is 1.55 bits per heavy atom. The third-order valence-electron chi connectivity index (χ3n) is 6.26. The lowest BCUT2D eigenvalue weighted by Gasteiger charge is -2.33. The summed E-state index contributed by atoms with van der Waals surface area (Å²) in [6.45, 7) is 5.91. The average Bonchev–Trinajstić information content (AvgIpc) is 2.92. The monoisotopic (exact) mass is 555 g/mol. The summed E-state index contributed by atoms with van der Waals surface area (Å²) in [5.74, 6) is -0.749. The van der Waals surface area contributed by atoms with E-state index in [1.54, 1.807) is 42.5 Å². The van der Waals surface area contributed by atoms with Gasteiger partial charge in [0.25, 0.3) is 10.0 Å². The fraction of sp³-hybridized carbons (Fsp3) is 0.310. The molecule has 202 valence electrons. The summed E-state index contributed by atoms with van der Waals surface area (Å²) in [5, 5.41) is 3.33. The van der Waals surface area contributed by atoms with Gasteiger partial charge in [-0.25, -0.2) is 8.42 Å². The molecule has 0 radical (unpaired) electrons. The third-order valence-corrected chi connectivity index (χ3v) is 8.30. The highest BCUT2D eigenvalue weighted by Gasteiger charge is 2.33. The summed E-state index contributed by atoms with van der Waals surface area (Å²) in [4.78, 5) is 28.6. The zero-order valence-corrected chi connectivity index (χ0v) is 23.5. The van der Waals surface area contributed by atoms with Gasteiger partial charge in [0.05, 0.1) is 10.6 Å². The number of rotatable bonds is 12. The molecule has 9 heteroatoms. The SMILES string of the molecule is CCCNC(=O)C(CC)N(Cc1ccccc1C)C(=O)CN(c1ccc(Cl)cc1)S(=O)(=O)c1ccccc1. The van der Waals surface area contributed by atoms with Crippen molar-refractivity contribution < 1.29 is 18.0 Å². The zero-order chi connectivity index (χ0) is 27.7. The number of nitrogens with one attached hydrogen (secondary N) is 1. The van der Waals surface area contributed by atoms with E-state index in [2.05, 4.69) is 5.32 Å². The summed E-state index contributed by atoms with van der Waals surface area (Å²) in [5.41, 5.74) is 2.15. The Kier molecular flexibility index (Phi) is 10.3. The smallest absolute Gasteiger partial charge is 0.264 e. The molecular weight excluding hydrogens is 522 g/mol. The van der Waals surface area contributed by atoms with Crippen molar-refractivity contribution in [1.29, 1.82) is 0 Å². The molecule has 0 saturated carbocycles. The van der Waals surface area contributed by atoms with Crippen molar-refractivity contribution in [1.82, 2.24) is 10.2 Å². The molecule has 0 aromatic heterocycles. The van der Waals surface area contributed by atoms with Crippen LogP contribution in [0.1, 0.15) is 37.8 Å². The predicted molar refractivity (Wildman–Crippen MR) is 152 cm³/mol. The maximum atomic E-state index is 14.0. The molecule has 3 rings (SSSR count). The second-order valence-electron chi connectivity index (χ2n) is 8.96. The van der Waals surface area contributed by atoms with Crippen molar-refractivity contribution >= 4 is 39.1 Å². The van der Waals surface area contributed by atoms with Crippen LogP contribution in [0, 0.1) is 6.92 Å². The highest BCUT2D eigenvalue weighted by Crippen LogP contribution is 2.26. The molecule has 0 fully saturated rings. The number of carbonyl (C=O) groups excluding carboxylic acids is 2. The Bertz CT molecular complexity index is 1330. The number of benzene rings is 3. The summed E-state index contributed by atoms with van der Waals surface area (Å²) in [6.07, 6.45) is 1.13. The Balaban J connectivity index is 2.04. The topological polar surface area (TPSA) is 86.8 Å². The van der Waals surface area contributed by atoms with Gasteiger partial charge in [-0.15, -0.1) is 0 Å². The lowest BCUT2D eigenvalue weighted by molar-refractivity contribution is -0.140. The molecule has 0 bridgehead atoms. The van der Waals surface area contributed by atoms with Crippen LogP contribution in [0.15, 0.2) is 83.8 Å². The van der Waals surface area contributed by atoms with Gasteiger partial charge in [-0.3, -0.25) is 13.9 Å². The van der Waals surface area contributed by atoms with E-state index in [9.17, 15) is 18.0 Å². The van der Waals surface area contributed by atoms with Crippen LogP contribution in [0.3, 0.4) is 0 Å². The van der Waals surface area contributed by atoms with Gasteiger partial charge in [0, 0.05) is 18.1 Å². The quantitative estimate of drug-likeness (QED) is 0.334. The van der Waals surface area contributed by atoms with Gasteiger partial charge in [-0.05, 0) is 67.3 Å². The van der Waals surface area contributed by atoms with Crippen LogP contribution in [-0.2, 0) is 26.2 Å². The van der Waals surface area contributed by atoms with E-state index in [1.807, 2.05) is 45.0 Å². The first-order valence-electron chi connectivity index (χ1n) is 12.6. The number of aryl methyl sites for hydroxylation is 1. The molecule has 38 heavy (non-hydrogen) atoms. The van der Waals surface area contributed by atoms with Crippen molar-refractivity contribution in [3.8, 4) is 0 Å². The Morgan fingerprint density at radius 3 is 2.16 bits per heavy atom. The molecule has 3 aromatic carbocycles. The Labute approximate surface area is 230 Å². The molecule has 1 atom stereocenters. The van der Waals surface area contributed by atoms with E-state index < -0.39 is 28.5 Å². The lowest BCUT2D eigenvalue weighted by Crippen LogP contribution is -2.52. The first-order valence-corrected chi connectivity index (χ1v) is 14.5. The van der Waals surface area contributed by atoms with Gasteiger partial charge in [-0.1, -0.05) is 67.9 Å². The van der Waals surface area contributed by atoms with Crippen LogP contribution in [-0.4, -0.2) is 44.3 Å². The summed E-state index contributed by atoms with van der Waals surface area (Å²) < 4.78 is 28.6. The first-order chi connectivity index (χ1) is 18.2. The van der Waals surface area contributed by atoms with Crippen molar-refractivity contribution in [3.05, 3.63) is 95.0 Å². The summed E-state index contributed by atoms with van der Waals surface area (Å²) in [7, 11) is -4.10.